The fourth-order valence-electron chi connectivity index (χ4n) is 4.31. The first-order chi connectivity index (χ1) is 15.7. The number of hydrogen-bond acceptors (Lipinski definition) is 4. The molecular weight excluding hydrogens is 429 g/mol. The third-order valence-electron chi connectivity index (χ3n) is 6.00. The molecule has 0 saturated heterocycles. The first-order valence-electron chi connectivity index (χ1n) is 11.0. The Bertz CT molecular complexity index is 1150. The van der Waals surface area contributed by atoms with Crippen LogP contribution >= 0.6 is 0 Å². The zero-order valence-electron chi connectivity index (χ0n) is 18.6. The Labute approximate surface area is 191 Å². The standard InChI is InChI=1S/C25H27F3N4O/c1-32(2)19-10-5-7-16(13-19)24(33)30-18-9-6-8-17(14-18)29-22-15-23(25(26,27)28)31-21-12-4-3-11-20(21)22/h3-5,7,10-13,15,17-18H,6,8-9,14H2,1-2H3,(H,29,31)(H,30,33)/t17-,18+/m0/s1. The minimum absolute atomic E-state index is 0.0518. The fraction of sp³-hybridized carbons (Fsp3) is 0.360. The number of aromatic nitrogens is 1. The van der Waals surface area contributed by atoms with Crippen molar-refractivity contribution in [3.05, 3.63) is 65.9 Å². The van der Waals surface area contributed by atoms with Gasteiger partial charge in [-0.2, -0.15) is 13.2 Å². The maximum Gasteiger partial charge on any atom is 0.433 e. The molecule has 4 rings (SSSR count). The summed E-state index contributed by atoms with van der Waals surface area (Å²) in [6.07, 6.45) is -1.36. The van der Waals surface area contributed by atoms with Crippen molar-refractivity contribution in [2.24, 2.45) is 0 Å². The van der Waals surface area contributed by atoms with Crippen LogP contribution in [0.15, 0.2) is 54.6 Å². The molecule has 1 fully saturated rings. The molecule has 3 aromatic rings. The molecule has 2 N–H and O–H groups in total. The summed E-state index contributed by atoms with van der Waals surface area (Å²) in [5, 5.41) is 7.06. The Morgan fingerprint density at radius 3 is 2.55 bits per heavy atom. The highest BCUT2D eigenvalue weighted by atomic mass is 19.4. The van der Waals surface area contributed by atoms with E-state index in [9.17, 15) is 18.0 Å². The average Bonchev–Trinajstić information content (AvgIpc) is 2.78. The van der Waals surface area contributed by atoms with Crippen LogP contribution in [0.4, 0.5) is 24.5 Å². The zero-order chi connectivity index (χ0) is 23.6. The molecule has 1 aromatic heterocycles. The molecule has 0 radical (unpaired) electrons. The third kappa shape index (κ3) is 5.38. The van der Waals surface area contributed by atoms with Crippen molar-refractivity contribution >= 4 is 28.2 Å². The van der Waals surface area contributed by atoms with Gasteiger partial charge < -0.3 is 15.5 Å². The van der Waals surface area contributed by atoms with Crippen LogP contribution < -0.4 is 15.5 Å². The summed E-state index contributed by atoms with van der Waals surface area (Å²) in [4.78, 5) is 18.5. The van der Waals surface area contributed by atoms with Gasteiger partial charge in [-0.25, -0.2) is 4.98 Å². The number of amides is 1. The number of nitrogens with one attached hydrogen (secondary N) is 2. The SMILES string of the molecule is CN(C)c1cccc(C(=O)N[C@@H]2CCC[C@H](Nc3cc(C(F)(F)F)nc4ccccc34)C2)c1. The molecule has 174 valence electrons. The zero-order valence-corrected chi connectivity index (χ0v) is 18.6. The summed E-state index contributed by atoms with van der Waals surface area (Å²) >= 11 is 0. The van der Waals surface area contributed by atoms with E-state index in [2.05, 4.69) is 15.6 Å². The normalized spacial score (nSPS) is 18.7. The summed E-state index contributed by atoms with van der Waals surface area (Å²) in [5.41, 5.74) is 1.34. The van der Waals surface area contributed by atoms with E-state index in [0.29, 0.717) is 28.6 Å². The van der Waals surface area contributed by atoms with Crippen LogP contribution in [0.1, 0.15) is 41.7 Å². The largest absolute Gasteiger partial charge is 0.433 e. The number of carbonyl (C=O) groups excluding carboxylic acids is 1. The van der Waals surface area contributed by atoms with Gasteiger partial charge in [0.15, 0.2) is 0 Å². The van der Waals surface area contributed by atoms with Gasteiger partial charge in [-0.05, 0) is 56.0 Å². The van der Waals surface area contributed by atoms with E-state index in [1.807, 2.05) is 37.2 Å². The van der Waals surface area contributed by atoms with Crippen LogP contribution in [0.3, 0.4) is 0 Å². The summed E-state index contributed by atoms with van der Waals surface area (Å²) in [7, 11) is 3.84. The maximum absolute atomic E-state index is 13.4. The number of fused-ring (bicyclic) bond motifs is 1. The molecule has 1 heterocycles. The topological polar surface area (TPSA) is 57.3 Å². The van der Waals surface area contributed by atoms with E-state index in [-0.39, 0.29) is 18.0 Å². The van der Waals surface area contributed by atoms with Gasteiger partial charge in [0.2, 0.25) is 0 Å². The molecule has 5 nitrogen and oxygen atoms in total. The van der Waals surface area contributed by atoms with E-state index in [0.717, 1.165) is 31.0 Å². The lowest BCUT2D eigenvalue weighted by molar-refractivity contribution is -0.140. The van der Waals surface area contributed by atoms with Crippen molar-refractivity contribution in [1.82, 2.24) is 10.3 Å². The third-order valence-corrected chi connectivity index (χ3v) is 6.00. The number of pyridine rings is 1. The van der Waals surface area contributed by atoms with Gasteiger partial charge in [0.05, 0.1) is 5.52 Å². The van der Waals surface area contributed by atoms with Gasteiger partial charge in [0, 0.05) is 48.5 Å². The molecule has 1 aliphatic rings. The number of hydrogen-bond donors (Lipinski definition) is 2. The van der Waals surface area contributed by atoms with Crippen LogP contribution in [-0.4, -0.2) is 37.1 Å². The lowest BCUT2D eigenvalue weighted by Gasteiger charge is -2.31. The number of alkyl halides is 3. The molecule has 0 aliphatic heterocycles. The molecule has 33 heavy (non-hydrogen) atoms. The number of rotatable bonds is 5. The van der Waals surface area contributed by atoms with Crippen LogP contribution in [0, 0.1) is 0 Å². The molecule has 0 unspecified atom stereocenters. The molecular formula is C25H27F3N4O. The number of para-hydroxylation sites is 1. The lowest BCUT2D eigenvalue weighted by Crippen LogP contribution is -2.41. The second kappa shape index (κ2) is 9.29. The van der Waals surface area contributed by atoms with Gasteiger partial charge in [0.25, 0.3) is 5.91 Å². The second-order valence-electron chi connectivity index (χ2n) is 8.69. The molecule has 0 spiro atoms. The number of benzene rings is 2. The molecule has 0 bridgehead atoms. The highest BCUT2D eigenvalue weighted by Crippen LogP contribution is 2.34. The van der Waals surface area contributed by atoms with Crippen molar-refractivity contribution < 1.29 is 18.0 Å². The van der Waals surface area contributed by atoms with E-state index in [1.165, 1.54) is 0 Å². The Morgan fingerprint density at radius 2 is 1.79 bits per heavy atom. The first-order valence-corrected chi connectivity index (χ1v) is 11.0. The summed E-state index contributed by atoms with van der Waals surface area (Å²) in [5.74, 6) is -0.141. The first kappa shape index (κ1) is 22.9. The highest BCUT2D eigenvalue weighted by molar-refractivity contribution is 5.95. The molecule has 1 amide bonds. The Morgan fingerprint density at radius 1 is 1.03 bits per heavy atom. The Hall–Kier alpha value is -3.29. The van der Waals surface area contributed by atoms with Gasteiger partial charge in [-0.15, -0.1) is 0 Å². The van der Waals surface area contributed by atoms with Crippen molar-refractivity contribution in [3.63, 3.8) is 0 Å². The summed E-state index contributed by atoms with van der Waals surface area (Å²) < 4.78 is 40.1. The molecule has 8 heteroatoms. The summed E-state index contributed by atoms with van der Waals surface area (Å²) in [6.45, 7) is 0. The van der Waals surface area contributed by atoms with Crippen molar-refractivity contribution in [2.75, 3.05) is 24.3 Å². The quantitative estimate of drug-likeness (QED) is 0.534. The van der Waals surface area contributed by atoms with E-state index < -0.39 is 11.9 Å². The van der Waals surface area contributed by atoms with Crippen molar-refractivity contribution in [1.29, 1.82) is 0 Å². The van der Waals surface area contributed by atoms with Crippen LogP contribution in [0.5, 0.6) is 0 Å². The predicted octanol–water partition coefficient (Wildman–Crippen LogP) is 5.47. The second-order valence-corrected chi connectivity index (χ2v) is 8.69. The summed E-state index contributed by atoms with van der Waals surface area (Å²) in [6, 6.07) is 15.2. The monoisotopic (exact) mass is 456 g/mol. The molecule has 1 aliphatic carbocycles. The fourth-order valence-corrected chi connectivity index (χ4v) is 4.31. The lowest BCUT2D eigenvalue weighted by atomic mass is 9.90. The minimum atomic E-state index is -4.52. The van der Waals surface area contributed by atoms with Gasteiger partial charge in [-0.3, -0.25) is 4.79 Å². The molecule has 2 aromatic carbocycles. The van der Waals surface area contributed by atoms with Crippen LogP contribution in [0.2, 0.25) is 0 Å². The van der Waals surface area contributed by atoms with Gasteiger partial charge >= 0.3 is 6.18 Å². The van der Waals surface area contributed by atoms with Gasteiger partial charge in [0.1, 0.15) is 5.69 Å². The van der Waals surface area contributed by atoms with E-state index >= 15 is 0 Å². The minimum Gasteiger partial charge on any atom is -0.382 e. The van der Waals surface area contributed by atoms with E-state index in [4.69, 9.17) is 0 Å². The van der Waals surface area contributed by atoms with E-state index in [1.54, 1.807) is 30.3 Å². The maximum atomic E-state index is 13.4. The Balaban J connectivity index is 1.49. The van der Waals surface area contributed by atoms with Crippen molar-refractivity contribution in [3.8, 4) is 0 Å². The van der Waals surface area contributed by atoms with Crippen molar-refractivity contribution in [2.45, 2.75) is 43.9 Å². The molecule has 2 atom stereocenters. The highest BCUT2D eigenvalue weighted by Gasteiger charge is 2.34. The Kier molecular flexibility index (Phi) is 6.44. The van der Waals surface area contributed by atoms with Gasteiger partial charge in [-0.1, -0.05) is 24.3 Å². The average molecular weight is 457 g/mol. The number of carbonyl (C=O) groups is 1. The number of anilines is 2. The number of nitrogens with zero attached hydrogens (tertiary/aromatic N) is 2. The smallest absolute Gasteiger partial charge is 0.382 e. The predicted molar refractivity (Wildman–Crippen MR) is 125 cm³/mol. The molecule has 1 saturated carbocycles. The van der Waals surface area contributed by atoms with Crippen LogP contribution in [0.25, 0.3) is 10.9 Å². The number of halogens is 3. The van der Waals surface area contributed by atoms with Crippen LogP contribution in [-0.2, 0) is 6.18 Å².